The first-order valence-electron chi connectivity index (χ1n) is 10.3. The Morgan fingerprint density at radius 1 is 0.692 bits per heavy atom. The molecule has 152 valence electrons. The predicted molar refractivity (Wildman–Crippen MR) is 107 cm³/mol. The van der Waals surface area contributed by atoms with Gasteiger partial charge in [-0.25, -0.2) is 0 Å². The van der Waals surface area contributed by atoms with E-state index in [0.717, 1.165) is 57.3 Å². The molecule has 4 nitrogen and oxygen atoms in total. The van der Waals surface area contributed by atoms with Gasteiger partial charge in [0.1, 0.15) is 0 Å². The molecule has 2 fully saturated rings. The van der Waals surface area contributed by atoms with Crippen LogP contribution in [-0.2, 0) is 9.59 Å². The summed E-state index contributed by atoms with van der Waals surface area (Å²) in [5.74, 6) is 0.850. The van der Waals surface area contributed by atoms with Crippen LogP contribution in [0.15, 0.2) is 0 Å². The van der Waals surface area contributed by atoms with Gasteiger partial charge < -0.3 is 10.8 Å². The van der Waals surface area contributed by atoms with E-state index in [4.69, 9.17) is 10.8 Å². The predicted octanol–water partition coefficient (Wildman–Crippen LogP) is 5.25. The number of carboxylic acid groups (broad SMARTS) is 1. The maximum atomic E-state index is 10.9. The molecule has 1 amide bonds. The Kier molecular flexibility index (Phi) is 8.16. The minimum Gasteiger partial charge on any atom is -0.481 e. The largest absolute Gasteiger partial charge is 0.481 e. The number of aliphatic carboxylic acids is 1. The second-order valence-electron chi connectivity index (χ2n) is 10.6. The fourth-order valence-corrected chi connectivity index (χ4v) is 4.45. The molecule has 0 bridgehead atoms. The van der Waals surface area contributed by atoms with E-state index in [1.54, 1.807) is 0 Å². The quantitative estimate of drug-likeness (QED) is 0.699. The van der Waals surface area contributed by atoms with E-state index >= 15 is 0 Å². The van der Waals surface area contributed by atoms with E-state index in [1.807, 2.05) is 0 Å². The Bertz CT molecular complexity index is 413. The highest BCUT2D eigenvalue weighted by Crippen LogP contribution is 2.40. The van der Waals surface area contributed by atoms with Gasteiger partial charge in [0.05, 0.1) is 5.92 Å². The third-order valence-electron chi connectivity index (χ3n) is 6.66. The van der Waals surface area contributed by atoms with Crippen LogP contribution in [0, 0.1) is 34.5 Å². The molecule has 0 aromatic carbocycles. The van der Waals surface area contributed by atoms with Gasteiger partial charge in [0.2, 0.25) is 5.91 Å². The maximum absolute atomic E-state index is 10.9. The van der Waals surface area contributed by atoms with Crippen molar-refractivity contribution in [2.24, 2.45) is 40.2 Å². The number of rotatable bonds is 2. The van der Waals surface area contributed by atoms with Gasteiger partial charge in [0.25, 0.3) is 0 Å². The lowest BCUT2D eigenvalue weighted by atomic mass is 9.70. The average Bonchev–Trinajstić information content (AvgIpc) is 2.54. The number of carbonyl (C=O) groups excluding carboxylic acids is 1. The minimum absolute atomic E-state index is 0.0707. The summed E-state index contributed by atoms with van der Waals surface area (Å²) in [6, 6.07) is 0. The first-order chi connectivity index (χ1) is 11.8. The molecule has 0 aromatic heterocycles. The molecule has 0 saturated heterocycles. The van der Waals surface area contributed by atoms with E-state index in [0.29, 0.717) is 16.7 Å². The second kappa shape index (κ2) is 9.23. The summed E-state index contributed by atoms with van der Waals surface area (Å²) in [4.78, 5) is 21.6. The third-order valence-corrected chi connectivity index (χ3v) is 6.66. The van der Waals surface area contributed by atoms with Crippen LogP contribution in [0.3, 0.4) is 0 Å². The molecule has 2 saturated carbocycles. The molecule has 0 spiro atoms. The lowest BCUT2D eigenvalue weighted by molar-refractivity contribution is -0.143. The molecule has 0 heterocycles. The number of primary amides is 1. The van der Waals surface area contributed by atoms with Crippen molar-refractivity contribution in [1.29, 1.82) is 0 Å². The smallest absolute Gasteiger partial charge is 0.306 e. The molecule has 0 radical (unpaired) electrons. The highest BCUT2D eigenvalue weighted by molar-refractivity contribution is 5.76. The van der Waals surface area contributed by atoms with Crippen LogP contribution < -0.4 is 5.73 Å². The number of hydrogen-bond acceptors (Lipinski definition) is 2. The zero-order chi connectivity index (χ0) is 20.1. The number of amides is 1. The van der Waals surface area contributed by atoms with Crippen LogP contribution in [0.2, 0.25) is 0 Å². The minimum atomic E-state index is -0.604. The average molecular weight is 368 g/mol. The van der Waals surface area contributed by atoms with Gasteiger partial charge in [-0.1, -0.05) is 41.5 Å². The topological polar surface area (TPSA) is 80.4 Å². The van der Waals surface area contributed by atoms with Crippen molar-refractivity contribution in [3.8, 4) is 0 Å². The second-order valence-corrected chi connectivity index (χ2v) is 10.6. The number of carboxylic acids is 1. The zero-order valence-corrected chi connectivity index (χ0v) is 17.8. The van der Waals surface area contributed by atoms with Gasteiger partial charge in [-0.2, -0.15) is 0 Å². The van der Waals surface area contributed by atoms with Gasteiger partial charge in [-0.05, 0) is 74.0 Å². The van der Waals surface area contributed by atoms with Crippen molar-refractivity contribution in [2.45, 2.75) is 92.9 Å². The third kappa shape index (κ3) is 7.28. The van der Waals surface area contributed by atoms with Gasteiger partial charge in [-0.15, -0.1) is 0 Å². The Hall–Kier alpha value is -1.06. The lowest BCUT2D eigenvalue weighted by Crippen LogP contribution is -2.31. The van der Waals surface area contributed by atoms with Gasteiger partial charge in [0.15, 0.2) is 0 Å². The Labute approximate surface area is 160 Å². The summed E-state index contributed by atoms with van der Waals surface area (Å²) in [5.41, 5.74) is 6.02. The number of nitrogens with two attached hydrogens (primary N) is 1. The van der Waals surface area contributed by atoms with Gasteiger partial charge in [0, 0.05) is 5.92 Å². The Balaban J connectivity index is 0.000000260. The van der Waals surface area contributed by atoms with E-state index in [2.05, 4.69) is 41.5 Å². The van der Waals surface area contributed by atoms with Gasteiger partial charge in [-0.3, -0.25) is 9.59 Å². The molecule has 2 rings (SSSR count). The summed E-state index contributed by atoms with van der Waals surface area (Å²) >= 11 is 0. The van der Waals surface area contributed by atoms with Crippen molar-refractivity contribution < 1.29 is 14.7 Å². The number of carbonyl (C=O) groups is 2. The van der Waals surface area contributed by atoms with Gasteiger partial charge >= 0.3 is 5.97 Å². The highest BCUT2D eigenvalue weighted by atomic mass is 16.4. The van der Waals surface area contributed by atoms with E-state index in [1.165, 1.54) is 0 Å². The standard InChI is InChI=1S/C11H21NO.C11H20O2/c2*1-11(2,3)9-6-4-8(5-7-9)10(12)13/h8-9H,4-7H2,1-3H3,(H2,12,13);8-9H,4-7H2,1-3H3,(H,12,13). The summed E-state index contributed by atoms with van der Waals surface area (Å²) < 4.78 is 0. The molecule has 0 atom stereocenters. The summed E-state index contributed by atoms with van der Waals surface area (Å²) in [6.45, 7) is 13.6. The van der Waals surface area contributed by atoms with E-state index < -0.39 is 5.97 Å². The summed E-state index contributed by atoms with van der Waals surface area (Å²) in [5, 5.41) is 8.83. The molecule has 0 aromatic rings. The fourth-order valence-electron chi connectivity index (χ4n) is 4.45. The van der Waals surface area contributed by atoms with Crippen LogP contribution in [0.25, 0.3) is 0 Å². The molecule has 26 heavy (non-hydrogen) atoms. The summed E-state index contributed by atoms with van der Waals surface area (Å²) in [6.07, 6.45) is 8.23. The van der Waals surface area contributed by atoms with Crippen LogP contribution in [-0.4, -0.2) is 17.0 Å². The van der Waals surface area contributed by atoms with Crippen LogP contribution in [0.5, 0.6) is 0 Å². The molecular formula is C22H41NO3. The van der Waals surface area contributed by atoms with Crippen molar-refractivity contribution in [1.82, 2.24) is 0 Å². The van der Waals surface area contributed by atoms with Crippen molar-refractivity contribution in [3.05, 3.63) is 0 Å². The SMILES string of the molecule is CC(C)(C)C1CCC(C(=O)O)CC1.CC(C)(C)C1CCC(C(N)=O)CC1. The van der Waals surface area contributed by atoms with Crippen molar-refractivity contribution >= 4 is 11.9 Å². The zero-order valence-electron chi connectivity index (χ0n) is 17.8. The molecular weight excluding hydrogens is 326 g/mol. The molecule has 0 unspecified atom stereocenters. The van der Waals surface area contributed by atoms with Crippen molar-refractivity contribution in [2.75, 3.05) is 0 Å². The van der Waals surface area contributed by atoms with Crippen molar-refractivity contribution in [3.63, 3.8) is 0 Å². The molecule has 4 heteroatoms. The summed E-state index contributed by atoms with van der Waals surface area (Å²) in [7, 11) is 0. The molecule has 3 N–H and O–H groups in total. The first-order valence-corrected chi connectivity index (χ1v) is 10.3. The van der Waals surface area contributed by atoms with Crippen LogP contribution in [0.4, 0.5) is 0 Å². The monoisotopic (exact) mass is 367 g/mol. The maximum Gasteiger partial charge on any atom is 0.306 e. The fraction of sp³-hybridized carbons (Fsp3) is 0.909. The van der Waals surface area contributed by atoms with E-state index in [-0.39, 0.29) is 17.7 Å². The van der Waals surface area contributed by atoms with Crippen LogP contribution in [0.1, 0.15) is 92.9 Å². The van der Waals surface area contributed by atoms with Crippen LogP contribution >= 0.6 is 0 Å². The molecule has 0 aliphatic heterocycles. The molecule has 2 aliphatic rings. The Morgan fingerprint density at radius 3 is 1.23 bits per heavy atom. The van der Waals surface area contributed by atoms with E-state index in [9.17, 15) is 9.59 Å². The normalized spacial score (nSPS) is 30.1. The lowest BCUT2D eigenvalue weighted by Gasteiger charge is -2.36. The first kappa shape index (κ1) is 23.0. The Morgan fingerprint density at radius 2 is 1.00 bits per heavy atom. The number of hydrogen-bond donors (Lipinski definition) is 2. The molecule has 2 aliphatic carbocycles. The highest BCUT2D eigenvalue weighted by Gasteiger charge is 2.32.